The van der Waals surface area contributed by atoms with Crippen LogP contribution in [0.3, 0.4) is 0 Å². The van der Waals surface area contributed by atoms with E-state index in [1.165, 1.54) is 18.9 Å². The van der Waals surface area contributed by atoms with Crippen LogP contribution < -0.4 is 0 Å². The lowest BCUT2D eigenvalue weighted by atomic mass is 10.0. The summed E-state index contributed by atoms with van der Waals surface area (Å²) in [5, 5.41) is 10.3. The molecule has 1 heterocycles. The van der Waals surface area contributed by atoms with Crippen molar-refractivity contribution in [3.63, 3.8) is 0 Å². The first-order valence-electron chi connectivity index (χ1n) is 7.80. The summed E-state index contributed by atoms with van der Waals surface area (Å²) in [6.45, 7) is 4.89. The van der Waals surface area contributed by atoms with Crippen LogP contribution >= 0.6 is 0 Å². The molecule has 0 saturated carbocycles. The number of nitrogens with zero attached hydrogens (tertiary/aromatic N) is 2. The normalized spacial score (nSPS) is 19.1. The number of piperidine rings is 1. The second kappa shape index (κ2) is 7.34. The first-order chi connectivity index (χ1) is 9.97. The van der Waals surface area contributed by atoms with E-state index < -0.39 is 6.10 Å². The number of hydrogen-bond donors (Lipinski definition) is 1. The van der Waals surface area contributed by atoms with Crippen LogP contribution in [0.2, 0.25) is 0 Å². The van der Waals surface area contributed by atoms with E-state index in [2.05, 4.69) is 23.9 Å². The van der Waals surface area contributed by atoms with Gasteiger partial charge in [0, 0.05) is 12.6 Å². The van der Waals surface area contributed by atoms with Crippen molar-refractivity contribution in [1.29, 1.82) is 0 Å². The molecule has 1 unspecified atom stereocenters. The Kier molecular flexibility index (Phi) is 5.73. The largest absolute Gasteiger partial charge is 0.388 e. The average molecular weight is 294 g/mol. The molecule has 1 aromatic rings. The van der Waals surface area contributed by atoms with Gasteiger partial charge in [-0.3, -0.25) is 0 Å². The second-order valence-electron chi connectivity index (χ2n) is 6.33. The number of rotatable bonds is 5. The Morgan fingerprint density at radius 3 is 2.67 bits per heavy atom. The molecule has 1 fully saturated rings. The minimum atomic E-state index is -0.516. The molecule has 0 amide bonds. The zero-order valence-electron chi connectivity index (χ0n) is 13.3. The molecule has 0 spiro atoms. The van der Waals surface area contributed by atoms with E-state index >= 15 is 0 Å². The third-order valence-electron chi connectivity index (χ3n) is 4.63. The van der Waals surface area contributed by atoms with Crippen LogP contribution in [0.4, 0.5) is 4.39 Å². The topological polar surface area (TPSA) is 26.7 Å². The van der Waals surface area contributed by atoms with Crippen molar-refractivity contribution in [2.24, 2.45) is 0 Å². The van der Waals surface area contributed by atoms with E-state index in [0.717, 1.165) is 25.2 Å². The van der Waals surface area contributed by atoms with Gasteiger partial charge in [0.05, 0.1) is 6.10 Å². The number of aliphatic hydroxyl groups is 1. The van der Waals surface area contributed by atoms with Crippen LogP contribution in [0.25, 0.3) is 0 Å². The van der Waals surface area contributed by atoms with Gasteiger partial charge in [-0.1, -0.05) is 12.1 Å². The van der Waals surface area contributed by atoms with E-state index in [0.29, 0.717) is 18.0 Å². The molecule has 0 bridgehead atoms. The molecule has 2 rings (SSSR count). The van der Waals surface area contributed by atoms with E-state index in [-0.39, 0.29) is 5.82 Å². The summed E-state index contributed by atoms with van der Waals surface area (Å²) in [6, 6.07) is 5.48. The molecule has 0 aromatic heterocycles. The molecule has 1 aliphatic rings. The van der Waals surface area contributed by atoms with Gasteiger partial charge in [0.15, 0.2) is 0 Å². The Labute approximate surface area is 127 Å². The molecule has 0 aliphatic carbocycles. The number of benzene rings is 1. The molecule has 1 saturated heterocycles. The fourth-order valence-corrected chi connectivity index (χ4v) is 2.99. The Morgan fingerprint density at radius 1 is 1.38 bits per heavy atom. The van der Waals surface area contributed by atoms with E-state index in [1.54, 1.807) is 19.1 Å². The summed E-state index contributed by atoms with van der Waals surface area (Å²) in [4.78, 5) is 4.72. The molecule has 118 valence electrons. The van der Waals surface area contributed by atoms with Crippen molar-refractivity contribution >= 4 is 0 Å². The summed E-state index contributed by atoms with van der Waals surface area (Å²) < 4.78 is 13.3. The first kappa shape index (κ1) is 16.4. The van der Waals surface area contributed by atoms with Gasteiger partial charge in [-0.05, 0) is 70.6 Å². The van der Waals surface area contributed by atoms with Crippen molar-refractivity contribution in [3.8, 4) is 0 Å². The number of hydrogen-bond acceptors (Lipinski definition) is 3. The van der Waals surface area contributed by atoms with Crippen LogP contribution in [0.5, 0.6) is 0 Å². The van der Waals surface area contributed by atoms with E-state index in [1.807, 2.05) is 0 Å². The van der Waals surface area contributed by atoms with Crippen molar-refractivity contribution in [1.82, 2.24) is 9.80 Å². The number of aryl methyl sites for hydroxylation is 1. The van der Waals surface area contributed by atoms with Crippen molar-refractivity contribution < 1.29 is 9.50 Å². The number of likely N-dealkylation sites (tertiary alicyclic amines) is 1. The maximum atomic E-state index is 13.3. The Bertz CT molecular complexity index is 458. The molecule has 1 aliphatic heterocycles. The highest BCUT2D eigenvalue weighted by Crippen LogP contribution is 2.21. The first-order valence-corrected chi connectivity index (χ1v) is 7.80. The summed E-state index contributed by atoms with van der Waals surface area (Å²) in [5.74, 6) is -0.214. The van der Waals surface area contributed by atoms with Crippen LogP contribution in [0, 0.1) is 12.7 Å². The standard InChI is InChI=1S/C17H27FN2O/c1-13-12-14(4-5-16(13)18)17(21)8-11-20(3)15-6-9-19(2)10-7-15/h4-5,12,15,17,21H,6-11H2,1-3H3. The van der Waals surface area contributed by atoms with Gasteiger partial charge in [-0.25, -0.2) is 4.39 Å². The van der Waals surface area contributed by atoms with Crippen LogP contribution in [-0.2, 0) is 0 Å². The van der Waals surface area contributed by atoms with Gasteiger partial charge >= 0.3 is 0 Å². The predicted octanol–water partition coefficient (Wildman–Crippen LogP) is 2.58. The fourth-order valence-electron chi connectivity index (χ4n) is 2.99. The van der Waals surface area contributed by atoms with Gasteiger partial charge in [-0.15, -0.1) is 0 Å². The average Bonchev–Trinajstić information content (AvgIpc) is 2.48. The summed E-state index contributed by atoms with van der Waals surface area (Å²) in [7, 11) is 4.30. The SMILES string of the molecule is Cc1cc(C(O)CCN(C)C2CCN(C)CC2)ccc1F. The van der Waals surface area contributed by atoms with Gasteiger partial charge < -0.3 is 14.9 Å². The lowest BCUT2D eigenvalue weighted by Gasteiger charge is -2.35. The summed E-state index contributed by atoms with van der Waals surface area (Å²) in [5.41, 5.74) is 1.40. The maximum absolute atomic E-state index is 13.3. The smallest absolute Gasteiger partial charge is 0.126 e. The van der Waals surface area contributed by atoms with Crippen LogP contribution in [-0.4, -0.2) is 54.7 Å². The number of aliphatic hydroxyl groups excluding tert-OH is 1. The molecule has 0 radical (unpaired) electrons. The molecule has 1 aromatic carbocycles. The van der Waals surface area contributed by atoms with Crippen molar-refractivity contribution in [2.45, 2.75) is 38.3 Å². The minimum absolute atomic E-state index is 0.214. The quantitative estimate of drug-likeness (QED) is 0.904. The third-order valence-corrected chi connectivity index (χ3v) is 4.63. The zero-order valence-corrected chi connectivity index (χ0v) is 13.3. The van der Waals surface area contributed by atoms with E-state index in [4.69, 9.17) is 0 Å². The molecular weight excluding hydrogens is 267 g/mol. The predicted molar refractivity (Wildman–Crippen MR) is 83.9 cm³/mol. The zero-order chi connectivity index (χ0) is 15.4. The molecule has 1 N–H and O–H groups in total. The third kappa shape index (κ3) is 4.50. The maximum Gasteiger partial charge on any atom is 0.126 e. The van der Waals surface area contributed by atoms with Crippen LogP contribution in [0.15, 0.2) is 18.2 Å². The molecule has 3 nitrogen and oxygen atoms in total. The highest BCUT2D eigenvalue weighted by atomic mass is 19.1. The summed E-state index contributed by atoms with van der Waals surface area (Å²) >= 11 is 0. The Hall–Kier alpha value is -0.970. The van der Waals surface area contributed by atoms with Crippen molar-refractivity contribution in [2.75, 3.05) is 33.7 Å². The van der Waals surface area contributed by atoms with Crippen LogP contribution in [0.1, 0.15) is 36.5 Å². The van der Waals surface area contributed by atoms with E-state index in [9.17, 15) is 9.50 Å². The van der Waals surface area contributed by atoms with Gasteiger partial charge in [0.25, 0.3) is 0 Å². The second-order valence-corrected chi connectivity index (χ2v) is 6.33. The molecule has 21 heavy (non-hydrogen) atoms. The fraction of sp³-hybridized carbons (Fsp3) is 0.647. The van der Waals surface area contributed by atoms with Crippen molar-refractivity contribution in [3.05, 3.63) is 35.1 Å². The highest BCUT2D eigenvalue weighted by Gasteiger charge is 2.21. The Balaban J connectivity index is 1.82. The molecule has 1 atom stereocenters. The molecule has 4 heteroatoms. The van der Waals surface area contributed by atoms with Gasteiger partial charge in [0.1, 0.15) is 5.82 Å². The monoisotopic (exact) mass is 294 g/mol. The lowest BCUT2D eigenvalue weighted by molar-refractivity contribution is 0.110. The van der Waals surface area contributed by atoms with Gasteiger partial charge in [0.2, 0.25) is 0 Å². The summed E-state index contributed by atoms with van der Waals surface area (Å²) in [6.07, 6.45) is 2.56. The lowest BCUT2D eigenvalue weighted by Crippen LogP contribution is -2.42. The molecular formula is C17H27FN2O. The highest BCUT2D eigenvalue weighted by molar-refractivity contribution is 5.25. The minimum Gasteiger partial charge on any atom is -0.388 e. The number of halogens is 1. The van der Waals surface area contributed by atoms with Gasteiger partial charge in [-0.2, -0.15) is 0 Å². The Morgan fingerprint density at radius 2 is 2.05 bits per heavy atom.